The molecule has 0 N–H and O–H groups in total. The van der Waals surface area contributed by atoms with Crippen molar-refractivity contribution in [1.29, 1.82) is 0 Å². The van der Waals surface area contributed by atoms with E-state index in [1.54, 1.807) is 0 Å². The van der Waals surface area contributed by atoms with Gasteiger partial charge in [-0.2, -0.15) is 4.39 Å². The third kappa shape index (κ3) is 1.12. The molecule has 0 spiro atoms. The Morgan fingerprint density at radius 3 is 3.09 bits per heavy atom. The van der Waals surface area contributed by atoms with E-state index >= 15 is 0 Å². The Bertz CT molecular complexity index is 394. The molecule has 11 heavy (non-hydrogen) atoms. The average molecular weight is 167 g/mol. The SMILES string of the molecule is Cc1ccc2cc(F)sc2n1. The molecule has 2 aromatic rings. The van der Waals surface area contributed by atoms with Crippen molar-refractivity contribution in [2.24, 2.45) is 0 Å². The third-order valence-corrected chi connectivity index (χ3v) is 2.33. The molecule has 2 rings (SSSR count). The zero-order valence-corrected chi connectivity index (χ0v) is 6.78. The number of thiophene rings is 1. The Balaban J connectivity index is 2.82. The topological polar surface area (TPSA) is 12.9 Å². The molecule has 0 unspecified atom stereocenters. The van der Waals surface area contributed by atoms with Gasteiger partial charge in [0.25, 0.3) is 0 Å². The predicted molar refractivity (Wildman–Crippen MR) is 44.3 cm³/mol. The number of fused-ring (bicyclic) bond motifs is 1. The van der Waals surface area contributed by atoms with Crippen molar-refractivity contribution in [3.05, 3.63) is 29.0 Å². The van der Waals surface area contributed by atoms with Crippen LogP contribution < -0.4 is 0 Å². The summed E-state index contributed by atoms with van der Waals surface area (Å²) in [5.41, 5.74) is 0.930. The summed E-state index contributed by atoms with van der Waals surface area (Å²) in [5.74, 6) is 0. The summed E-state index contributed by atoms with van der Waals surface area (Å²) >= 11 is 1.09. The molecule has 56 valence electrons. The molecular formula is C8H6FNS. The minimum absolute atomic E-state index is 0.168. The summed E-state index contributed by atoms with van der Waals surface area (Å²) in [6, 6.07) is 5.28. The Labute approximate surface area is 67.5 Å². The molecule has 0 aromatic carbocycles. The summed E-state index contributed by atoms with van der Waals surface area (Å²) in [5, 5.41) is 0.719. The standard InChI is InChI=1S/C8H6FNS/c1-5-2-3-6-4-7(9)11-8(6)10-5/h2-4H,1H3. The molecule has 0 aliphatic heterocycles. The first-order chi connectivity index (χ1) is 5.25. The van der Waals surface area contributed by atoms with Gasteiger partial charge in [-0.1, -0.05) is 17.4 Å². The summed E-state index contributed by atoms with van der Waals surface area (Å²) in [4.78, 5) is 4.96. The quantitative estimate of drug-likeness (QED) is 0.588. The number of nitrogens with zero attached hydrogens (tertiary/aromatic N) is 1. The van der Waals surface area contributed by atoms with Gasteiger partial charge in [-0.25, -0.2) is 4.98 Å². The summed E-state index contributed by atoms with van der Waals surface area (Å²) < 4.78 is 12.6. The van der Waals surface area contributed by atoms with E-state index in [4.69, 9.17) is 0 Å². The molecule has 0 radical (unpaired) electrons. The molecule has 1 nitrogen and oxygen atoms in total. The Hall–Kier alpha value is -0.960. The second kappa shape index (κ2) is 2.27. The molecule has 0 aliphatic rings. The third-order valence-electron chi connectivity index (χ3n) is 1.49. The number of halogens is 1. The number of hydrogen-bond donors (Lipinski definition) is 0. The average Bonchev–Trinajstić information content (AvgIpc) is 2.27. The molecule has 2 aromatic heterocycles. The molecule has 0 atom stereocenters. The Kier molecular flexibility index (Phi) is 1.39. The number of hydrogen-bond acceptors (Lipinski definition) is 2. The van der Waals surface area contributed by atoms with E-state index < -0.39 is 0 Å². The Morgan fingerprint density at radius 2 is 2.27 bits per heavy atom. The summed E-state index contributed by atoms with van der Waals surface area (Å²) in [6.45, 7) is 1.90. The van der Waals surface area contributed by atoms with Gasteiger partial charge < -0.3 is 0 Å². The zero-order valence-electron chi connectivity index (χ0n) is 5.97. The van der Waals surface area contributed by atoms with E-state index in [0.29, 0.717) is 0 Å². The van der Waals surface area contributed by atoms with Gasteiger partial charge in [0.1, 0.15) is 4.83 Å². The first kappa shape index (κ1) is 6.73. The second-order valence-electron chi connectivity index (χ2n) is 2.40. The lowest BCUT2D eigenvalue weighted by atomic mass is 10.3. The van der Waals surface area contributed by atoms with Crippen molar-refractivity contribution in [2.45, 2.75) is 6.92 Å². The first-order valence-electron chi connectivity index (χ1n) is 3.28. The van der Waals surface area contributed by atoms with Crippen molar-refractivity contribution in [3.63, 3.8) is 0 Å². The van der Waals surface area contributed by atoms with E-state index in [0.717, 1.165) is 27.2 Å². The van der Waals surface area contributed by atoms with E-state index in [-0.39, 0.29) is 5.13 Å². The lowest BCUT2D eigenvalue weighted by Gasteiger charge is -1.88. The highest BCUT2D eigenvalue weighted by Gasteiger charge is 2.00. The van der Waals surface area contributed by atoms with Crippen LogP contribution in [0.4, 0.5) is 4.39 Å². The van der Waals surface area contributed by atoms with Crippen LogP contribution in [0.1, 0.15) is 5.69 Å². The van der Waals surface area contributed by atoms with E-state index in [1.807, 2.05) is 19.1 Å². The maximum absolute atomic E-state index is 12.6. The van der Waals surface area contributed by atoms with E-state index in [1.165, 1.54) is 6.07 Å². The fraction of sp³-hybridized carbons (Fsp3) is 0.125. The number of rotatable bonds is 0. The second-order valence-corrected chi connectivity index (χ2v) is 3.38. The lowest BCUT2D eigenvalue weighted by molar-refractivity contribution is 0.658. The van der Waals surface area contributed by atoms with Gasteiger partial charge in [0, 0.05) is 11.1 Å². The van der Waals surface area contributed by atoms with Crippen LogP contribution in [0.5, 0.6) is 0 Å². The maximum Gasteiger partial charge on any atom is 0.179 e. The molecule has 0 aliphatic carbocycles. The summed E-state index contributed by atoms with van der Waals surface area (Å²) in [6.07, 6.45) is 0. The normalized spacial score (nSPS) is 10.7. The van der Waals surface area contributed by atoms with Crippen LogP contribution in [0.15, 0.2) is 18.2 Å². The maximum atomic E-state index is 12.6. The molecule has 0 saturated heterocycles. The minimum atomic E-state index is -0.168. The van der Waals surface area contributed by atoms with Gasteiger partial charge in [0.2, 0.25) is 0 Å². The highest BCUT2D eigenvalue weighted by Crippen LogP contribution is 2.22. The van der Waals surface area contributed by atoms with Gasteiger partial charge in [0.05, 0.1) is 0 Å². The van der Waals surface area contributed by atoms with Crippen LogP contribution in [0.2, 0.25) is 0 Å². The molecule has 0 bridgehead atoms. The van der Waals surface area contributed by atoms with E-state index in [9.17, 15) is 4.39 Å². The molecular weight excluding hydrogens is 161 g/mol. The highest BCUT2D eigenvalue weighted by molar-refractivity contribution is 7.17. The largest absolute Gasteiger partial charge is 0.242 e. The van der Waals surface area contributed by atoms with Crippen LogP contribution in [-0.2, 0) is 0 Å². The molecule has 3 heteroatoms. The van der Waals surface area contributed by atoms with Gasteiger partial charge in [-0.15, -0.1) is 0 Å². The number of aryl methyl sites for hydroxylation is 1. The van der Waals surface area contributed by atoms with Gasteiger partial charge in [-0.3, -0.25) is 0 Å². The van der Waals surface area contributed by atoms with Crippen LogP contribution in [-0.4, -0.2) is 4.98 Å². The predicted octanol–water partition coefficient (Wildman–Crippen LogP) is 2.74. The van der Waals surface area contributed by atoms with Gasteiger partial charge in [0.15, 0.2) is 5.13 Å². The van der Waals surface area contributed by atoms with Gasteiger partial charge >= 0.3 is 0 Å². The highest BCUT2D eigenvalue weighted by atomic mass is 32.1. The molecule has 2 heterocycles. The van der Waals surface area contributed by atoms with Crippen molar-refractivity contribution in [1.82, 2.24) is 4.98 Å². The number of pyridine rings is 1. The van der Waals surface area contributed by atoms with Crippen molar-refractivity contribution >= 4 is 21.6 Å². The van der Waals surface area contributed by atoms with Crippen molar-refractivity contribution in [2.75, 3.05) is 0 Å². The van der Waals surface area contributed by atoms with Crippen LogP contribution in [0.3, 0.4) is 0 Å². The molecule has 0 fully saturated rings. The lowest BCUT2D eigenvalue weighted by Crippen LogP contribution is -1.75. The van der Waals surface area contributed by atoms with Crippen LogP contribution in [0, 0.1) is 12.1 Å². The smallest absolute Gasteiger partial charge is 0.179 e. The first-order valence-corrected chi connectivity index (χ1v) is 4.10. The fourth-order valence-corrected chi connectivity index (χ4v) is 1.78. The summed E-state index contributed by atoms with van der Waals surface area (Å²) in [7, 11) is 0. The van der Waals surface area contributed by atoms with Gasteiger partial charge in [-0.05, 0) is 19.1 Å². The zero-order chi connectivity index (χ0) is 7.84. The van der Waals surface area contributed by atoms with Crippen molar-refractivity contribution < 1.29 is 4.39 Å². The molecule has 0 saturated carbocycles. The van der Waals surface area contributed by atoms with Crippen molar-refractivity contribution in [3.8, 4) is 0 Å². The number of aromatic nitrogens is 1. The fourth-order valence-electron chi connectivity index (χ4n) is 0.979. The van der Waals surface area contributed by atoms with Crippen LogP contribution in [0.25, 0.3) is 10.2 Å². The molecule has 0 amide bonds. The monoisotopic (exact) mass is 167 g/mol. The minimum Gasteiger partial charge on any atom is -0.242 e. The Morgan fingerprint density at radius 1 is 1.45 bits per heavy atom. The van der Waals surface area contributed by atoms with Crippen LogP contribution >= 0.6 is 11.3 Å². The van der Waals surface area contributed by atoms with E-state index in [2.05, 4.69) is 4.98 Å².